The zero-order chi connectivity index (χ0) is 18.9. The van der Waals surface area contributed by atoms with Gasteiger partial charge in [0.2, 0.25) is 0 Å². The Morgan fingerprint density at radius 2 is 1.85 bits per heavy atom. The van der Waals surface area contributed by atoms with Crippen LogP contribution in [0.1, 0.15) is 42.3 Å². The van der Waals surface area contributed by atoms with Crippen LogP contribution in [0.5, 0.6) is 5.75 Å². The van der Waals surface area contributed by atoms with Crippen molar-refractivity contribution in [2.45, 2.75) is 32.3 Å². The Morgan fingerprint density at radius 1 is 1.19 bits per heavy atom. The van der Waals surface area contributed by atoms with Crippen LogP contribution >= 0.6 is 0 Å². The molecule has 0 atom stereocenters. The third-order valence-corrected chi connectivity index (χ3v) is 4.44. The lowest BCUT2D eigenvalue weighted by atomic mass is 9.86. The molecule has 0 aliphatic carbocycles. The fourth-order valence-electron chi connectivity index (χ4n) is 2.92. The highest BCUT2D eigenvalue weighted by molar-refractivity contribution is 5.94. The van der Waals surface area contributed by atoms with Crippen LogP contribution in [0.25, 0.3) is 0 Å². The molecular weight excluding hydrogens is 331 g/mol. The summed E-state index contributed by atoms with van der Waals surface area (Å²) in [6.45, 7) is 7.00. The van der Waals surface area contributed by atoms with Crippen molar-refractivity contribution in [1.29, 1.82) is 5.26 Å². The number of rotatable bonds is 3. The first kappa shape index (κ1) is 17.9. The molecule has 1 heterocycles. The summed E-state index contributed by atoms with van der Waals surface area (Å²) in [6.07, 6.45) is -0.108. The lowest BCUT2D eigenvalue weighted by molar-refractivity contribution is 0.0171. The molecule has 2 aromatic carbocycles. The zero-order valence-corrected chi connectivity index (χ0v) is 15.1. The predicted octanol–water partition coefficient (Wildman–Crippen LogP) is 3.90. The number of nitriles is 1. The van der Waals surface area contributed by atoms with Crippen molar-refractivity contribution >= 4 is 5.91 Å². The standard InChI is InChI=1S/C21H21FN2O2/c1-21(2,3)18-10-16(22)8-9-19(18)26-17-12-24(13-17)20(25)15-6-4-14(11-23)5-7-15/h4-10,17H,12-13H2,1-3H3. The minimum Gasteiger partial charge on any atom is -0.486 e. The molecule has 0 aromatic heterocycles. The van der Waals surface area contributed by atoms with Crippen LogP contribution in [0.2, 0.25) is 0 Å². The molecule has 4 nitrogen and oxygen atoms in total. The molecular formula is C21H21FN2O2. The van der Waals surface area contributed by atoms with Gasteiger partial charge in [0.15, 0.2) is 0 Å². The summed E-state index contributed by atoms with van der Waals surface area (Å²) in [5.74, 6) is 0.298. The molecule has 0 unspecified atom stereocenters. The molecule has 0 N–H and O–H groups in total. The number of nitrogens with zero attached hydrogens (tertiary/aromatic N) is 2. The second kappa shape index (κ2) is 6.80. The third-order valence-electron chi connectivity index (χ3n) is 4.44. The van der Waals surface area contributed by atoms with E-state index in [4.69, 9.17) is 10.00 Å². The number of hydrogen-bond acceptors (Lipinski definition) is 3. The SMILES string of the molecule is CC(C)(C)c1cc(F)ccc1OC1CN(C(=O)c2ccc(C#N)cc2)C1. The van der Waals surface area contributed by atoms with Crippen LogP contribution in [0.3, 0.4) is 0 Å². The summed E-state index contributed by atoms with van der Waals surface area (Å²) in [5, 5.41) is 8.82. The van der Waals surface area contributed by atoms with Crippen LogP contribution in [-0.2, 0) is 5.41 Å². The van der Waals surface area contributed by atoms with Crippen molar-refractivity contribution in [2.75, 3.05) is 13.1 Å². The number of carbonyl (C=O) groups excluding carboxylic acids is 1. The van der Waals surface area contributed by atoms with Gasteiger partial charge in [0.1, 0.15) is 17.7 Å². The zero-order valence-electron chi connectivity index (χ0n) is 15.1. The quantitative estimate of drug-likeness (QED) is 0.842. The fraction of sp³-hybridized carbons (Fsp3) is 0.333. The van der Waals surface area contributed by atoms with E-state index in [1.165, 1.54) is 12.1 Å². The molecule has 1 aliphatic rings. The van der Waals surface area contributed by atoms with Gasteiger partial charge in [0.25, 0.3) is 5.91 Å². The second-order valence-electron chi connectivity index (χ2n) is 7.53. The van der Waals surface area contributed by atoms with E-state index in [2.05, 4.69) is 0 Å². The van der Waals surface area contributed by atoms with E-state index < -0.39 is 0 Å². The Labute approximate surface area is 152 Å². The Bertz CT molecular complexity index is 857. The van der Waals surface area contributed by atoms with Crippen molar-refractivity contribution in [1.82, 2.24) is 4.90 Å². The third kappa shape index (κ3) is 3.70. The lowest BCUT2D eigenvalue weighted by Crippen LogP contribution is -2.56. The molecule has 1 saturated heterocycles. The van der Waals surface area contributed by atoms with Crippen LogP contribution in [0.15, 0.2) is 42.5 Å². The van der Waals surface area contributed by atoms with Gasteiger partial charge in [-0.1, -0.05) is 20.8 Å². The first-order valence-corrected chi connectivity index (χ1v) is 8.54. The van der Waals surface area contributed by atoms with E-state index in [1.807, 2.05) is 26.8 Å². The molecule has 1 aliphatic heterocycles. The molecule has 0 saturated carbocycles. The maximum Gasteiger partial charge on any atom is 0.254 e. The monoisotopic (exact) mass is 352 g/mol. The first-order chi connectivity index (χ1) is 12.3. The molecule has 26 heavy (non-hydrogen) atoms. The topological polar surface area (TPSA) is 53.3 Å². The number of halogens is 1. The van der Waals surface area contributed by atoms with Gasteiger partial charge in [0, 0.05) is 11.1 Å². The van der Waals surface area contributed by atoms with Gasteiger partial charge >= 0.3 is 0 Å². The summed E-state index contributed by atoms with van der Waals surface area (Å²) in [5.41, 5.74) is 1.66. The minimum absolute atomic E-state index is 0.0792. The number of benzene rings is 2. The highest BCUT2D eigenvalue weighted by atomic mass is 19.1. The van der Waals surface area contributed by atoms with E-state index in [9.17, 15) is 9.18 Å². The molecule has 1 fully saturated rings. The smallest absolute Gasteiger partial charge is 0.254 e. The summed E-state index contributed by atoms with van der Waals surface area (Å²) in [4.78, 5) is 14.1. The van der Waals surface area contributed by atoms with Crippen LogP contribution < -0.4 is 4.74 Å². The average Bonchev–Trinajstić information content (AvgIpc) is 2.57. The van der Waals surface area contributed by atoms with Gasteiger partial charge in [-0.3, -0.25) is 4.79 Å². The van der Waals surface area contributed by atoms with Gasteiger partial charge in [-0.05, 0) is 47.9 Å². The average molecular weight is 352 g/mol. The normalized spacial score (nSPS) is 14.5. The van der Waals surface area contributed by atoms with Crippen molar-refractivity contribution in [2.24, 2.45) is 0 Å². The van der Waals surface area contributed by atoms with E-state index in [0.717, 1.165) is 5.56 Å². The molecule has 0 bridgehead atoms. The largest absolute Gasteiger partial charge is 0.486 e. The van der Waals surface area contributed by atoms with Gasteiger partial charge in [-0.2, -0.15) is 5.26 Å². The summed E-state index contributed by atoms with van der Waals surface area (Å²) < 4.78 is 19.6. The Balaban J connectivity index is 1.64. The summed E-state index contributed by atoms with van der Waals surface area (Å²) in [7, 11) is 0. The van der Waals surface area contributed by atoms with Crippen molar-refractivity contribution < 1.29 is 13.9 Å². The Morgan fingerprint density at radius 3 is 2.42 bits per heavy atom. The van der Waals surface area contributed by atoms with Gasteiger partial charge < -0.3 is 9.64 Å². The second-order valence-corrected chi connectivity index (χ2v) is 7.53. The molecule has 134 valence electrons. The molecule has 0 spiro atoms. The van der Waals surface area contributed by atoms with E-state index >= 15 is 0 Å². The van der Waals surface area contributed by atoms with Gasteiger partial charge in [-0.25, -0.2) is 4.39 Å². The van der Waals surface area contributed by atoms with Crippen molar-refractivity contribution in [3.8, 4) is 11.8 Å². The van der Waals surface area contributed by atoms with Crippen molar-refractivity contribution in [3.63, 3.8) is 0 Å². The van der Waals surface area contributed by atoms with E-state index in [1.54, 1.807) is 35.2 Å². The van der Waals surface area contributed by atoms with E-state index in [-0.39, 0.29) is 23.2 Å². The number of carbonyl (C=O) groups is 1. The summed E-state index contributed by atoms with van der Waals surface area (Å²) >= 11 is 0. The molecule has 5 heteroatoms. The molecule has 1 amide bonds. The fourth-order valence-corrected chi connectivity index (χ4v) is 2.92. The Hall–Kier alpha value is -2.87. The highest BCUT2D eigenvalue weighted by Crippen LogP contribution is 2.33. The summed E-state index contributed by atoms with van der Waals surface area (Å²) in [6, 6.07) is 13.2. The highest BCUT2D eigenvalue weighted by Gasteiger charge is 2.34. The number of likely N-dealkylation sites (tertiary alicyclic amines) is 1. The number of ether oxygens (including phenoxy) is 1. The number of hydrogen-bond donors (Lipinski definition) is 0. The number of amides is 1. The minimum atomic E-state index is -0.284. The van der Waals surface area contributed by atoms with E-state index in [0.29, 0.717) is 30.0 Å². The lowest BCUT2D eigenvalue weighted by Gasteiger charge is -2.39. The molecule has 0 radical (unpaired) electrons. The maximum absolute atomic E-state index is 13.6. The van der Waals surface area contributed by atoms with Crippen molar-refractivity contribution in [3.05, 3.63) is 65.0 Å². The van der Waals surface area contributed by atoms with Gasteiger partial charge in [0.05, 0.1) is 24.7 Å². The van der Waals surface area contributed by atoms with Gasteiger partial charge in [-0.15, -0.1) is 0 Å². The first-order valence-electron chi connectivity index (χ1n) is 8.54. The van der Waals surface area contributed by atoms with Crippen LogP contribution in [0.4, 0.5) is 4.39 Å². The Kier molecular flexibility index (Phi) is 4.69. The molecule has 3 rings (SSSR count). The van der Waals surface area contributed by atoms with Crippen LogP contribution in [-0.4, -0.2) is 30.0 Å². The predicted molar refractivity (Wildman–Crippen MR) is 96.6 cm³/mol. The maximum atomic E-state index is 13.6. The van der Waals surface area contributed by atoms with Crippen LogP contribution in [0, 0.1) is 17.1 Å². The molecule has 2 aromatic rings.